The van der Waals surface area contributed by atoms with Crippen LogP contribution in [0.5, 0.6) is 0 Å². The van der Waals surface area contributed by atoms with Gasteiger partial charge in [0.1, 0.15) is 0 Å². The van der Waals surface area contributed by atoms with Gasteiger partial charge in [-0.05, 0) is 49.1 Å². The van der Waals surface area contributed by atoms with Gasteiger partial charge in [-0.3, -0.25) is 0 Å². The van der Waals surface area contributed by atoms with E-state index in [1.54, 1.807) is 6.08 Å². The van der Waals surface area contributed by atoms with Crippen molar-refractivity contribution in [2.24, 2.45) is 0 Å². The summed E-state index contributed by atoms with van der Waals surface area (Å²) in [5.41, 5.74) is 3.25. The zero-order valence-corrected chi connectivity index (χ0v) is 11.6. The third kappa shape index (κ3) is 2.70. The number of aliphatic carboxylic acids is 1. The van der Waals surface area contributed by atoms with Crippen LogP contribution in [0.25, 0.3) is 6.08 Å². The fourth-order valence-electron chi connectivity index (χ4n) is 3.03. The van der Waals surface area contributed by atoms with Crippen LogP contribution < -0.4 is 4.90 Å². The molecule has 0 amide bonds. The Morgan fingerprint density at radius 2 is 2.05 bits per heavy atom. The Bertz CT molecular complexity index is 541. The summed E-state index contributed by atoms with van der Waals surface area (Å²) in [6, 6.07) is 6.19. The number of nitrogens with zero attached hydrogens (tertiary/aromatic N) is 1. The Kier molecular flexibility index (Phi) is 3.49. The lowest BCUT2D eigenvalue weighted by Gasteiger charge is -2.34. The van der Waals surface area contributed by atoms with Gasteiger partial charge in [0.2, 0.25) is 0 Å². The monoisotopic (exact) mass is 273 g/mol. The first-order chi connectivity index (χ1) is 9.61. The van der Waals surface area contributed by atoms with E-state index < -0.39 is 5.97 Å². The summed E-state index contributed by atoms with van der Waals surface area (Å²) in [7, 11) is 0. The molecule has 0 spiro atoms. The molecule has 4 nitrogen and oxygen atoms in total. The lowest BCUT2D eigenvalue weighted by molar-refractivity contribution is -0.131. The number of hydrogen-bond donors (Lipinski definition) is 1. The van der Waals surface area contributed by atoms with E-state index in [4.69, 9.17) is 9.84 Å². The number of fused-ring (bicyclic) bond motifs is 2. The quantitative estimate of drug-likeness (QED) is 0.859. The zero-order chi connectivity index (χ0) is 14.1. The van der Waals surface area contributed by atoms with Gasteiger partial charge >= 0.3 is 5.97 Å². The number of ether oxygens (including phenoxy) is 1. The van der Waals surface area contributed by atoms with Crippen LogP contribution in [0.4, 0.5) is 5.69 Å². The van der Waals surface area contributed by atoms with Crippen molar-refractivity contribution >= 4 is 17.7 Å². The number of aryl methyl sites for hydroxylation is 1. The first-order valence-electron chi connectivity index (χ1n) is 7.04. The van der Waals surface area contributed by atoms with Gasteiger partial charge in [-0.25, -0.2) is 4.79 Å². The molecule has 1 aromatic carbocycles. The van der Waals surface area contributed by atoms with Crippen LogP contribution in [-0.2, 0) is 9.53 Å². The molecular weight excluding hydrogens is 254 g/mol. The third-order valence-corrected chi connectivity index (χ3v) is 4.07. The maximum atomic E-state index is 10.6. The van der Waals surface area contributed by atoms with Gasteiger partial charge in [-0.15, -0.1) is 0 Å². The molecule has 2 fully saturated rings. The summed E-state index contributed by atoms with van der Waals surface area (Å²) in [6.45, 7) is 3.93. The predicted molar refractivity (Wildman–Crippen MR) is 78.0 cm³/mol. The highest BCUT2D eigenvalue weighted by molar-refractivity contribution is 5.85. The van der Waals surface area contributed by atoms with E-state index in [2.05, 4.69) is 17.0 Å². The number of carboxylic acids is 1. The van der Waals surface area contributed by atoms with Crippen molar-refractivity contribution in [1.82, 2.24) is 0 Å². The first kappa shape index (κ1) is 13.2. The minimum atomic E-state index is -0.918. The number of rotatable bonds is 3. The van der Waals surface area contributed by atoms with E-state index in [-0.39, 0.29) is 0 Å². The highest BCUT2D eigenvalue weighted by atomic mass is 16.5. The molecular formula is C16H19NO3. The Balaban J connectivity index is 1.78. The molecule has 2 saturated heterocycles. The number of benzene rings is 1. The van der Waals surface area contributed by atoms with E-state index in [0.29, 0.717) is 12.2 Å². The molecule has 0 radical (unpaired) electrons. The summed E-state index contributed by atoms with van der Waals surface area (Å²) in [6.07, 6.45) is 5.90. The van der Waals surface area contributed by atoms with Crippen LogP contribution in [0, 0.1) is 6.92 Å². The fraction of sp³-hybridized carbons (Fsp3) is 0.438. The SMILES string of the molecule is Cc1cc(N2CC3CCC(C2)O3)ccc1C=CC(=O)O. The van der Waals surface area contributed by atoms with Crippen molar-refractivity contribution in [3.8, 4) is 0 Å². The maximum absolute atomic E-state index is 10.6. The molecule has 1 N–H and O–H groups in total. The van der Waals surface area contributed by atoms with E-state index in [1.807, 2.05) is 13.0 Å². The second-order valence-corrected chi connectivity index (χ2v) is 5.57. The number of anilines is 1. The smallest absolute Gasteiger partial charge is 0.328 e. The van der Waals surface area contributed by atoms with Gasteiger partial charge in [-0.1, -0.05) is 6.07 Å². The van der Waals surface area contributed by atoms with E-state index in [9.17, 15) is 4.79 Å². The predicted octanol–water partition coefficient (Wildman–Crippen LogP) is 2.46. The molecule has 0 aliphatic carbocycles. The van der Waals surface area contributed by atoms with Crippen LogP contribution in [0.3, 0.4) is 0 Å². The first-order valence-corrected chi connectivity index (χ1v) is 7.04. The van der Waals surface area contributed by atoms with Gasteiger partial charge in [0.15, 0.2) is 0 Å². The number of carboxylic acid groups (broad SMARTS) is 1. The number of carbonyl (C=O) groups is 1. The topological polar surface area (TPSA) is 49.8 Å². The molecule has 2 unspecified atom stereocenters. The molecule has 106 valence electrons. The van der Waals surface area contributed by atoms with Crippen LogP contribution in [0.15, 0.2) is 24.3 Å². The molecule has 1 aromatic rings. The van der Waals surface area contributed by atoms with Crippen molar-refractivity contribution in [2.45, 2.75) is 32.0 Å². The highest BCUT2D eigenvalue weighted by Crippen LogP contribution is 2.30. The molecule has 2 bridgehead atoms. The van der Waals surface area contributed by atoms with Crippen LogP contribution in [-0.4, -0.2) is 36.4 Å². The largest absolute Gasteiger partial charge is 0.478 e. The Morgan fingerprint density at radius 3 is 2.65 bits per heavy atom. The molecule has 2 aliphatic heterocycles. The molecule has 0 saturated carbocycles. The van der Waals surface area contributed by atoms with Crippen molar-refractivity contribution in [3.63, 3.8) is 0 Å². The van der Waals surface area contributed by atoms with E-state index in [0.717, 1.165) is 24.2 Å². The zero-order valence-electron chi connectivity index (χ0n) is 11.6. The van der Waals surface area contributed by atoms with Gasteiger partial charge in [-0.2, -0.15) is 0 Å². The van der Waals surface area contributed by atoms with Gasteiger partial charge in [0, 0.05) is 24.9 Å². The summed E-state index contributed by atoms with van der Waals surface area (Å²) >= 11 is 0. The van der Waals surface area contributed by atoms with Gasteiger partial charge < -0.3 is 14.7 Å². The van der Waals surface area contributed by atoms with Crippen molar-refractivity contribution in [3.05, 3.63) is 35.4 Å². The summed E-state index contributed by atoms with van der Waals surface area (Å²) in [5, 5.41) is 8.68. The second-order valence-electron chi connectivity index (χ2n) is 5.57. The molecule has 3 rings (SSSR count). The third-order valence-electron chi connectivity index (χ3n) is 4.07. The van der Waals surface area contributed by atoms with Crippen LogP contribution in [0.2, 0.25) is 0 Å². The molecule has 2 aliphatic rings. The molecule has 2 atom stereocenters. The molecule has 2 heterocycles. The standard InChI is InChI=1S/C16H19NO3/c1-11-8-13(4-2-12(11)3-7-16(18)19)17-9-14-5-6-15(10-17)20-14/h2-4,7-8,14-15H,5-6,9-10H2,1H3,(H,18,19). The second kappa shape index (κ2) is 5.29. The minimum Gasteiger partial charge on any atom is -0.478 e. The highest BCUT2D eigenvalue weighted by Gasteiger charge is 2.33. The molecule has 20 heavy (non-hydrogen) atoms. The Labute approximate surface area is 118 Å². The number of morpholine rings is 1. The molecule has 0 aromatic heterocycles. The summed E-state index contributed by atoms with van der Waals surface area (Å²) in [4.78, 5) is 12.9. The summed E-state index contributed by atoms with van der Waals surface area (Å²) in [5.74, 6) is -0.918. The van der Waals surface area contributed by atoms with E-state index in [1.165, 1.54) is 24.6 Å². The molecule has 4 heteroatoms. The Hall–Kier alpha value is -1.81. The summed E-state index contributed by atoms with van der Waals surface area (Å²) < 4.78 is 5.85. The lowest BCUT2D eigenvalue weighted by atomic mass is 10.1. The van der Waals surface area contributed by atoms with Crippen molar-refractivity contribution in [2.75, 3.05) is 18.0 Å². The minimum absolute atomic E-state index is 0.376. The van der Waals surface area contributed by atoms with Crippen LogP contribution >= 0.6 is 0 Å². The van der Waals surface area contributed by atoms with Gasteiger partial charge in [0.05, 0.1) is 12.2 Å². The van der Waals surface area contributed by atoms with Crippen molar-refractivity contribution in [1.29, 1.82) is 0 Å². The normalized spacial score (nSPS) is 25.4. The lowest BCUT2D eigenvalue weighted by Crippen LogP contribution is -2.42. The van der Waals surface area contributed by atoms with Gasteiger partial charge in [0.25, 0.3) is 0 Å². The fourth-order valence-corrected chi connectivity index (χ4v) is 3.03. The van der Waals surface area contributed by atoms with Crippen molar-refractivity contribution < 1.29 is 14.6 Å². The number of hydrogen-bond acceptors (Lipinski definition) is 3. The van der Waals surface area contributed by atoms with Crippen LogP contribution in [0.1, 0.15) is 24.0 Å². The van der Waals surface area contributed by atoms with E-state index >= 15 is 0 Å². The average molecular weight is 273 g/mol. The Morgan fingerprint density at radius 1 is 1.35 bits per heavy atom. The maximum Gasteiger partial charge on any atom is 0.328 e. The average Bonchev–Trinajstić information content (AvgIpc) is 2.76.